The summed E-state index contributed by atoms with van der Waals surface area (Å²) >= 11 is 0. The van der Waals surface area contributed by atoms with Crippen LogP contribution in [0, 0.1) is 5.92 Å². The zero-order valence-corrected chi connectivity index (χ0v) is 16.5. The van der Waals surface area contributed by atoms with E-state index in [-0.39, 0.29) is 5.75 Å². The van der Waals surface area contributed by atoms with Crippen molar-refractivity contribution in [1.29, 1.82) is 0 Å². The van der Waals surface area contributed by atoms with Crippen molar-refractivity contribution in [2.75, 3.05) is 25.9 Å². The Morgan fingerprint density at radius 3 is 2.50 bits per heavy atom. The molecule has 0 aliphatic heterocycles. The average molecular weight is 381 g/mol. The summed E-state index contributed by atoms with van der Waals surface area (Å²) in [6.07, 6.45) is 7.91. The maximum Gasteiger partial charge on any atom is 0.213 e. The SMILES string of the molecule is CN=C(NCCCC1CCCC1)NCCS(=O)(=O)NCc1ccccc1. The molecule has 2 rings (SSSR count). The summed E-state index contributed by atoms with van der Waals surface area (Å²) < 4.78 is 26.8. The van der Waals surface area contributed by atoms with Gasteiger partial charge in [0.15, 0.2) is 5.96 Å². The summed E-state index contributed by atoms with van der Waals surface area (Å²) in [4.78, 5) is 4.15. The van der Waals surface area contributed by atoms with Crippen molar-refractivity contribution >= 4 is 16.0 Å². The van der Waals surface area contributed by atoms with Crippen molar-refractivity contribution in [3.8, 4) is 0 Å². The van der Waals surface area contributed by atoms with Gasteiger partial charge in [0.1, 0.15) is 0 Å². The second-order valence-electron chi connectivity index (χ2n) is 6.84. The Kier molecular flexibility index (Phi) is 8.91. The number of guanidine groups is 1. The molecule has 1 fully saturated rings. The van der Waals surface area contributed by atoms with Gasteiger partial charge >= 0.3 is 0 Å². The minimum absolute atomic E-state index is 0.0165. The van der Waals surface area contributed by atoms with Gasteiger partial charge in [-0.3, -0.25) is 4.99 Å². The van der Waals surface area contributed by atoms with Gasteiger partial charge in [-0.25, -0.2) is 13.1 Å². The Morgan fingerprint density at radius 2 is 1.81 bits per heavy atom. The van der Waals surface area contributed by atoms with E-state index in [1.807, 2.05) is 30.3 Å². The lowest BCUT2D eigenvalue weighted by Gasteiger charge is -2.13. The topological polar surface area (TPSA) is 82.6 Å². The first-order chi connectivity index (χ1) is 12.6. The third kappa shape index (κ3) is 8.19. The minimum Gasteiger partial charge on any atom is -0.356 e. The van der Waals surface area contributed by atoms with Crippen LogP contribution in [0.25, 0.3) is 0 Å². The quantitative estimate of drug-likeness (QED) is 0.330. The molecule has 6 nitrogen and oxygen atoms in total. The van der Waals surface area contributed by atoms with E-state index in [1.165, 1.54) is 32.1 Å². The maximum atomic E-state index is 12.1. The van der Waals surface area contributed by atoms with Crippen molar-refractivity contribution in [2.45, 2.75) is 45.1 Å². The Labute approximate surface area is 157 Å². The summed E-state index contributed by atoms with van der Waals surface area (Å²) in [6, 6.07) is 9.51. The Balaban J connectivity index is 1.59. The number of nitrogens with zero attached hydrogens (tertiary/aromatic N) is 1. The number of aliphatic imine (C=N–C) groups is 1. The largest absolute Gasteiger partial charge is 0.356 e. The summed E-state index contributed by atoms with van der Waals surface area (Å²) in [5, 5.41) is 6.33. The van der Waals surface area contributed by atoms with Crippen molar-refractivity contribution in [1.82, 2.24) is 15.4 Å². The first kappa shape index (κ1) is 20.7. The van der Waals surface area contributed by atoms with Crippen LogP contribution >= 0.6 is 0 Å². The molecule has 3 N–H and O–H groups in total. The summed E-state index contributed by atoms with van der Waals surface area (Å²) in [5.41, 5.74) is 0.948. The molecule has 0 radical (unpaired) electrons. The van der Waals surface area contributed by atoms with Crippen LogP contribution in [0.4, 0.5) is 0 Å². The van der Waals surface area contributed by atoms with Gasteiger partial charge < -0.3 is 10.6 Å². The number of benzene rings is 1. The Bertz CT molecular complexity index is 641. The first-order valence-electron chi connectivity index (χ1n) is 9.55. The number of hydrogen-bond donors (Lipinski definition) is 3. The van der Waals surface area contributed by atoms with Crippen LogP contribution in [0.3, 0.4) is 0 Å². The molecule has 0 saturated heterocycles. The lowest BCUT2D eigenvalue weighted by molar-refractivity contribution is 0.481. The van der Waals surface area contributed by atoms with E-state index < -0.39 is 10.0 Å². The molecular weight excluding hydrogens is 348 g/mol. The molecule has 1 aliphatic rings. The van der Waals surface area contributed by atoms with E-state index in [2.05, 4.69) is 20.3 Å². The number of sulfonamides is 1. The van der Waals surface area contributed by atoms with Crippen LogP contribution in [-0.2, 0) is 16.6 Å². The zero-order chi connectivity index (χ0) is 18.7. The smallest absolute Gasteiger partial charge is 0.213 e. The average Bonchev–Trinajstić information content (AvgIpc) is 3.16. The minimum atomic E-state index is -3.32. The van der Waals surface area contributed by atoms with Crippen LogP contribution in [0.1, 0.15) is 44.1 Å². The van der Waals surface area contributed by atoms with E-state index in [9.17, 15) is 8.42 Å². The first-order valence-corrected chi connectivity index (χ1v) is 11.2. The molecule has 0 unspecified atom stereocenters. The van der Waals surface area contributed by atoms with Crippen molar-refractivity contribution < 1.29 is 8.42 Å². The van der Waals surface area contributed by atoms with E-state index >= 15 is 0 Å². The molecule has 146 valence electrons. The molecule has 0 atom stereocenters. The highest BCUT2D eigenvalue weighted by Crippen LogP contribution is 2.28. The molecule has 1 aromatic rings. The Morgan fingerprint density at radius 1 is 1.12 bits per heavy atom. The summed E-state index contributed by atoms with van der Waals surface area (Å²) in [6.45, 7) is 1.51. The van der Waals surface area contributed by atoms with Gasteiger partial charge in [-0.2, -0.15) is 0 Å². The highest BCUT2D eigenvalue weighted by atomic mass is 32.2. The van der Waals surface area contributed by atoms with Crippen LogP contribution in [0.5, 0.6) is 0 Å². The summed E-state index contributed by atoms with van der Waals surface area (Å²) in [5.74, 6) is 1.57. The van der Waals surface area contributed by atoms with Gasteiger partial charge in [0, 0.05) is 26.7 Å². The van der Waals surface area contributed by atoms with Crippen LogP contribution in [-0.4, -0.2) is 40.3 Å². The van der Waals surface area contributed by atoms with Gasteiger partial charge in [-0.15, -0.1) is 0 Å². The van der Waals surface area contributed by atoms with Gasteiger partial charge in [-0.05, 0) is 24.3 Å². The predicted octanol–water partition coefficient (Wildman–Crippen LogP) is 2.24. The molecule has 26 heavy (non-hydrogen) atoms. The second kappa shape index (κ2) is 11.2. The van der Waals surface area contributed by atoms with Gasteiger partial charge in [0.2, 0.25) is 10.0 Å². The molecule has 7 heteroatoms. The van der Waals surface area contributed by atoms with E-state index in [1.54, 1.807) is 7.05 Å². The van der Waals surface area contributed by atoms with Gasteiger partial charge in [0.25, 0.3) is 0 Å². The number of rotatable bonds is 10. The third-order valence-electron chi connectivity index (χ3n) is 4.78. The van der Waals surface area contributed by atoms with E-state index in [4.69, 9.17) is 0 Å². The number of nitrogens with one attached hydrogen (secondary N) is 3. The van der Waals surface area contributed by atoms with Crippen LogP contribution in [0.15, 0.2) is 35.3 Å². The molecular formula is C19H32N4O2S. The fourth-order valence-corrected chi connectivity index (χ4v) is 4.18. The standard InChI is InChI=1S/C19H32N4O2S/c1-20-19(21-13-7-12-17-8-5-6-9-17)22-14-15-26(24,25)23-16-18-10-3-2-4-11-18/h2-4,10-11,17,23H,5-9,12-16H2,1H3,(H2,20,21,22). The van der Waals surface area contributed by atoms with Gasteiger partial charge in [0.05, 0.1) is 5.75 Å². The molecule has 1 aromatic carbocycles. The molecule has 0 spiro atoms. The molecule has 1 saturated carbocycles. The predicted molar refractivity (Wildman–Crippen MR) is 108 cm³/mol. The van der Waals surface area contributed by atoms with Crippen molar-refractivity contribution in [2.24, 2.45) is 10.9 Å². The van der Waals surface area contributed by atoms with E-state index in [0.717, 1.165) is 24.4 Å². The fraction of sp³-hybridized carbons (Fsp3) is 0.632. The summed E-state index contributed by atoms with van der Waals surface area (Å²) in [7, 11) is -1.61. The maximum absolute atomic E-state index is 12.1. The molecule has 0 heterocycles. The molecule has 0 aromatic heterocycles. The van der Waals surface area contributed by atoms with Crippen molar-refractivity contribution in [3.63, 3.8) is 0 Å². The molecule has 0 amide bonds. The lowest BCUT2D eigenvalue weighted by atomic mass is 10.0. The van der Waals surface area contributed by atoms with E-state index in [0.29, 0.717) is 19.0 Å². The Hall–Kier alpha value is -1.60. The highest BCUT2D eigenvalue weighted by molar-refractivity contribution is 7.89. The second-order valence-corrected chi connectivity index (χ2v) is 8.77. The molecule has 1 aliphatic carbocycles. The van der Waals surface area contributed by atoms with Crippen LogP contribution < -0.4 is 15.4 Å². The van der Waals surface area contributed by atoms with Gasteiger partial charge in [-0.1, -0.05) is 56.0 Å². The lowest BCUT2D eigenvalue weighted by Crippen LogP contribution is -2.41. The highest BCUT2D eigenvalue weighted by Gasteiger charge is 2.14. The normalized spacial score (nSPS) is 16.0. The van der Waals surface area contributed by atoms with Crippen LogP contribution in [0.2, 0.25) is 0 Å². The monoisotopic (exact) mass is 380 g/mol. The zero-order valence-electron chi connectivity index (χ0n) is 15.7. The van der Waals surface area contributed by atoms with Crippen molar-refractivity contribution in [3.05, 3.63) is 35.9 Å². The fourth-order valence-electron chi connectivity index (χ4n) is 3.28. The molecule has 0 bridgehead atoms. The third-order valence-corrected chi connectivity index (χ3v) is 6.11. The number of hydrogen-bond acceptors (Lipinski definition) is 3.